The maximum atomic E-state index is 11.5. The molecule has 0 saturated heterocycles. The van der Waals surface area contributed by atoms with Gasteiger partial charge in [-0.05, 0) is 17.5 Å². The fourth-order valence-electron chi connectivity index (χ4n) is 1.37. The van der Waals surface area contributed by atoms with E-state index in [4.69, 9.17) is 0 Å². The van der Waals surface area contributed by atoms with Crippen LogP contribution in [0.3, 0.4) is 0 Å². The van der Waals surface area contributed by atoms with Crippen LogP contribution in [0.4, 0.5) is 0 Å². The first-order chi connectivity index (χ1) is 7.47. The van der Waals surface area contributed by atoms with E-state index in [9.17, 15) is 8.42 Å². The Morgan fingerprint density at radius 2 is 1.75 bits per heavy atom. The summed E-state index contributed by atoms with van der Waals surface area (Å²) < 4.78 is 26.8. The first-order valence-electron chi connectivity index (χ1n) is 5.21. The maximum Gasteiger partial charge on any atom is 0.279 e. The normalized spacial score (nSPS) is 12.0. The molecule has 16 heavy (non-hydrogen) atoms. The second-order valence-corrected chi connectivity index (χ2v) is 5.70. The minimum atomic E-state index is -3.34. The molecule has 1 aromatic rings. The Morgan fingerprint density at radius 1 is 1.19 bits per heavy atom. The Balaban J connectivity index is 2.75. The van der Waals surface area contributed by atoms with Crippen LogP contribution in [0.15, 0.2) is 24.3 Å². The summed E-state index contributed by atoms with van der Waals surface area (Å²) in [7, 11) is -0.322. The lowest BCUT2D eigenvalue weighted by Gasteiger charge is -2.13. The smallest absolute Gasteiger partial charge is 0.198 e. The lowest BCUT2D eigenvalue weighted by Crippen LogP contribution is -2.35. The predicted octanol–water partition coefficient (Wildman–Crippen LogP) is 1.15. The van der Waals surface area contributed by atoms with Gasteiger partial charge in [0.15, 0.2) is 0 Å². The second-order valence-electron chi connectivity index (χ2n) is 3.73. The fourth-order valence-corrected chi connectivity index (χ4v) is 1.97. The fraction of sp³-hybridized carbons (Fsp3) is 0.455. The van der Waals surface area contributed by atoms with Gasteiger partial charge < -0.3 is 0 Å². The van der Waals surface area contributed by atoms with Gasteiger partial charge in [0.1, 0.15) is 0 Å². The molecule has 0 heterocycles. The Kier molecular flexibility index (Phi) is 4.46. The Morgan fingerprint density at radius 3 is 2.25 bits per heavy atom. The largest absolute Gasteiger partial charge is 0.279 e. The summed E-state index contributed by atoms with van der Waals surface area (Å²) in [6.07, 6.45) is 0.903. The number of hydrogen-bond acceptors (Lipinski definition) is 2. The van der Waals surface area contributed by atoms with Crippen molar-refractivity contribution in [3.05, 3.63) is 35.4 Å². The highest BCUT2D eigenvalue weighted by molar-refractivity contribution is 7.87. The summed E-state index contributed by atoms with van der Waals surface area (Å²) in [5, 5.41) is 0. The molecule has 0 fully saturated rings. The van der Waals surface area contributed by atoms with Gasteiger partial charge in [-0.15, -0.1) is 0 Å². The molecule has 4 nitrogen and oxygen atoms in total. The van der Waals surface area contributed by atoms with Crippen LogP contribution >= 0.6 is 0 Å². The molecule has 5 heteroatoms. The highest BCUT2D eigenvalue weighted by atomic mass is 32.2. The van der Waals surface area contributed by atoms with E-state index in [1.807, 2.05) is 24.3 Å². The number of nitrogens with one attached hydrogen (secondary N) is 1. The molecule has 0 aliphatic heterocycles. The molecule has 1 rings (SSSR count). The van der Waals surface area contributed by atoms with E-state index in [0.717, 1.165) is 12.0 Å². The Labute approximate surface area is 97.5 Å². The maximum absolute atomic E-state index is 11.5. The van der Waals surface area contributed by atoms with Crippen molar-refractivity contribution < 1.29 is 8.42 Å². The number of nitrogens with zero attached hydrogens (tertiary/aromatic N) is 1. The van der Waals surface area contributed by atoms with Gasteiger partial charge >= 0.3 is 0 Å². The first kappa shape index (κ1) is 13.2. The van der Waals surface area contributed by atoms with Gasteiger partial charge in [-0.1, -0.05) is 31.2 Å². The predicted molar refractivity (Wildman–Crippen MR) is 65.3 cm³/mol. The van der Waals surface area contributed by atoms with E-state index in [1.165, 1.54) is 24.0 Å². The molecule has 0 aliphatic rings. The van der Waals surface area contributed by atoms with Crippen molar-refractivity contribution in [1.29, 1.82) is 0 Å². The zero-order valence-electron chi connectivity index (χ0n) is 9.90. The average molecular weight is 242 g/mol. The highest BCUT2D eigenvalue weighted by Crippen LogP contribution is 2.09. The molecule has 90 valence electrons. The first-order valence-corrected chi connectivity index (χ1v) is 6.65. The van der Waals surface area contributed by atoms with Crippen LogP contribution in [-0.2, 0) is 23.2 Å². The van der Waals surface area contributed by atoms with Crippen LogP contribution < -0.4 is 4.72 Å². The lowest BCUT2D eigenvalue weighted by atomic mass is 10.1. The van der Waals surface area contributed by atoms with E-state index in [2.05, 4.69) is 11.6 Å². The standard InChI is InChI=1S/C11H18N2O2S/c1-4-10-7-5-6-8-11(10)9-12-16(14,15)13(2)3/h5-8,12H,4,9H2,1-3H3. The Hall–Kier alpha value is -0.910. The quantitative estimate of drug-likeness (QED) is 0.842. The molecule has 0 unspecified atom stereocenters. The van der Waals surface area contributed by atoms with Crippen molar-refractivity contribution in [3.8, 4) is 0 Å². The van der Waals surface area contributed by atoms with Gasteiger partial charge in [-0.25, -0.2) is 0 Å². The van der Waals surface area contributed by atoms with Gasteiger partial charge in [0.05, 0.1) is 0 Å². The molecule has 0 aliphatic carbocycles. The van der Waals surface area contributed by atoms with Gasteiger partial charge in [-0.3, -0.25) is 0 Å². The topological polar surface area (TPSA) is 49.4 Å². The average Bonchev–Trinajstić information content (AvgIpc) is 2.26. The molecule has 0 amide bonds. The van der Waals surface area contributed by atoms with Crippen LogP contribution in [-0.4, -0.2) is 26.8 Å². The van der Waals surface area contributed by atoms with E-state index >= 15 is 0 Å². The molecule has 1 aromatic carbocycles. The van der Waals surface area contributed by atoms with Crippen molar-refractivity contribution in [2.45, 2.75) is 19.9 Å². The van der Waals surface area contributed by atoms with E-state index in [-0.39, 0.29) is 0 Å². The van der Waals surface area contributed by atoms with Gasteiger partial charge in [0, 0.05) is 20.6 Å². The van der Waals surface area contributed by atoms with Gasteiger partial charge in [0.2, 0.25) is 0 Å². The SMILES string of the molecule is CCc1ccccc1CNS(=O)(=O)N(C)C. The van der Waals surface area contributed by atoms with Crippen molar-refractivity contribution in [2.24, 2.45) is 0 Å². The number of rotatable bonds is 5. The van der Waals surface area contributed by atoms with Crippen LogP contribution in [0.2, 0.25) is 0 Å². The van der Waals surface area contributed by atoms with Crippen LogP contribution in [0.25, 0.3) is 0 Å². The molecule has 0 bridgehead atoms. The van der Waals surface area contributed by atoms with E-state index in [0.29, 0.717) is 6.54 Å². The van der Waals surface area contributed by atoms with E-state index in [1.54, 1.807) is 0 Å². The van der Waals surface area contributed by atoms with Crippen molar-refractivity contribution >= 4 is 10.2 Å². The van der Waals surface area contributed by atoms with Gasteiger partial charge in [-0.2, -0.15) is 17.4 Å². The number of aryl methyl sites for hydroxylation is 1. The zero-order valence-corrected chi connectivity index (χ0v) is 10.7. The highest BCUT2D eigenvalue weighted by Gasteiger charge is 2.12. The minimum Gasteiger partial charge on any atom is -0.198 e. The molecule has 1 N–H and O–H groups in total. The molecule has 0 spiro atoms. The monoisotopic (exact) mass is 242 g/mol. The molecule has 0 radical (unpaired) electrons. The van der Waals surface area contributed by atoms with Crippen molar-refractivity contribution in [3.63, 3.8) is 0 Å². The summed E-state index contributed by atoms with van der Waals surface area (Å²) in [6.45, 7) is 2.39. The molecular formula is C11H18N2O2S. The van der Waals surface area contributed by atoms with Crippen LogP contribution in [0.5, 0.6) is 0 Å². The third-order valence-electron chi connectivity index (χ3n) is 2.43. The molecular weight excluding hydrogens is 224 g/mol. The minimum absolute atomic E-state index is 0.338. The van der Waals surface area contributed by atoms with Crippen LogP contribution in [0, 0.1) is 0 Å². The summed E-state index contributed by atoms with van der Waals surface area (Å²) in [6, 6.07) is 7.83. The summed E-state index contributed by atoms with van der Waals surface area (Å²) in [5.41, 5.74) is 2.19. The number of hydrogen-bond donors (Lipinski definition) is 1. The Bertz CT molecular complexity index is 441. The van der Waals surface area contributed by atoms with Crippen LogP contribution in [0.1, 0.15) is 18.1 Å². The summed E-state index contributed by atoms with van der Waals surface area (Å²) in [5.74, 6) is 0. The van der Waals surface area contributed by atoms with Crippen molar-refractivity contribution in [2.75, 3.05) is 14.1 Å². The second kappa shape index (κ2) is 5.43. The molecule has 0 saturated carbocycles. The third kappa shape index (κ3) is 3.30. The molecule has 0 aromatic heterocycles. The summed E-state index contributed by atoms with van der Waals surface area (Å²) in [4.78, 5) is 0. The van der Waals surface area contributed by atoms with E-state index < -0.39 is 10.2 Å². The summed E-state index contributed by atoms with van der Waals surface area (Å²) >= 11 is 0. The van der Waals surface area contributed by atoms with Crippen molar-refractivity contribution in [1.82, 2.24) is 9.03 Å². The number of benzene rings is 1. The zero-order chi connectivity index (χ0) is 12.2. The van der Waals surface area contributed by atoms with Gasteiger partial charge in [0.25, 0.3) is 10.2 Å². The lowest BCUT2D eigenvalue weighted by molar-refractivity contribution is 0.505. The molecule has 0 atom stereocenters. The third-order valence-corrected chi connectivity index (χ3v) is 3.90.